The molecule has 0 heterocycles. The summed E-state index contributed by atoms with van der Waals surface area (Å²) in [6.07, 6.45) is 0. The van der Waals surface area contributed by atoms with Gasteiger partial charge in [-0.05, 0) is 97.8 Å². The molecular weight excluding hydrogens is 841 g/mol. The standard InChI is InChI=1S/C35H28N6O13S4/c1-19-13-21(9-11-29(19)40-38-23-15-27-25(33(17-23)57(49,50)51)5-3-7-31(27)55(43,44)45)36-35(42)37-22-10-12-30(20(2)14-22)41-39-24-16-28-26(34(18-24)58(52,53)54)6-4-8-32(28)56(46,47)48/h3-18H,1-2H3,(H2,36,37,42)(H,43,44,45)(H,46,47,48)(H,49,50,51)(H,52,53,54)/p+2. The van der Waals surface area contributed by atoms with Gasteiger partial charge in [0, 0.05) is 32.9 Å². The van der Waals surface area contributed by atoms with E-state index in [9.17, 15) is 56.7 Å². The predicted octanol–water partition coefficient (Wildman–Crippen LogP) is 8.20. The van der Waals surface area contributed by atoms with Gasteiger partial charge in [-0.1, -0.05) is 24.3 Å². The number of azo groups is 2. The Morgan fingerprint density at radius 3 is 1.31 bits per heavy atom. The highest BCUT2D eigenvalue weighted by Gasteiger charge is 2.27. The molecule has 0 aromatic heterocycles. The van der Waals surface area contributed by atoms with Gasteiger partial charge in [0.05, 0.1) is 27.6 Å². The minimum atomic E-state index is -5.08. The fourth-order valence-corrected chi connectivity index (χ4v) is 8.71. The van der Waals surface area contributed by atoms with Crippen LogP contribution in [0.25, 0.3) is 21.5 Å². The SMILES string of the molecule is Cc1cc(NC(=O)Nc2ccc(N=Nc3cc(S(=O)(O)=[OH+])c4cccc(S(=O)(O)=[OH+])c4c3)c(C)c2)ccc1N=Nc1cc(S(=O)(=O)[O-])c2cccc(S(=O)(O)=[OH+])c2c1. The number of benzene rings is 6. The van der Waals surface area contributed by atoms with E-state index in [1.165, 1.54) is 60.7 Å². The maximum absolute atomic E-state index is 12.9. The number of nitrogens with zero attached hydrogens (tertiary/aromatic N) is 4. The Bertz CT molecular complexity index is 3010. The number of nitrogens with one attached hydrogen (secondary N) is 2. The minimum Gasteiger partial charge on any atom is -0.744 e. The molecule has 0 aliphatic carbocycles. The Hall–Kier alpha value is -6.05. The summed E-state index contributed by atoms with van der Waals surface area (Å²) in [6.45, 7) is 3.31. The third-order valence-corrected chi connectivity index (χ3v) is 12.0. The molecule has 300 valence electrons. The molecule has 0 saturated carbocycles. The number of fused-ring (bicyclic) bond motifs is 2. The quantitative estimate of drug-likeness (QED) is 0.0499. The number of hydrogen-bond donors (Lipinski definition) is 5. The summed E-state index contributed by atoms with van der Waals surface area (Å²) in [6, 6.07) is 20.3. The zero-order valence-electron chi connectivity index (χ0n) is 29.7. The maximum Gasteiger partial charge on any atom is 0.435 e. The number of hydrogen-bond acceptors (Lipinski definition) is 11. The zero-order chi connectivity index (χ0) is 42.4. The molecule has 6 aromatic carbocycles. The van der Waals surface area contributed by atoms with Gasteiger partial charge in [0.1, 0.15) is 10.1 Å². The van der Waals surface area contributed by atoms with Gasteiger partial charge in [0.2, 0.25) is 0 Å². The molecular formula is C35H30N6O13S4+2. The van der Waals surface area contributed by atoms with Crippen LogP contribution >= 0.6 is 0 Å². The van der Waals surface area contributed by atoms with Crippen LogP contribution < -0.4 is 10.6 Å². The van der Waals surface area contributed by atoms with Gasteiger partial charge < -0.3 is 15.2 Å². The number of urea groups is 1. The van der Waals surface area contributed by atoms with Crippen LogP contribution in [-0.4, -0.2) is 57.9 Å². The summed E-state index contributed by atoms with van der Waals surface area (Å²) in [5, 5.41) is 21.1. The first-order chi connectivity index (χ1) is 27.0. The van der Waals surface area contributed by atoms with Crippen molar-refractivity contribution >= 4 is 102 Å². The van der Waals surface area contributed by atoms with Crippen LogP contribution in [0.4, 0.5) is 38.9 Å². The molecule has 19 nitrogen and oxygen atoms in total. The van der Waals surface area contributed by atoms with Gasteiger partial charge in [-0.3, -0.25) is 0 Å². The second kappa shape index (κ2) is 15.4. The van der Waals surface area contributed by atoms with E-state index in [0.717, 1.165) is 24.3 Å². The highest BCUT2D eigenvalue weighted by Crippen LogP contribution is 2.36. The van der Waals surface area contributed by atoms with Gasteiger partial charge in [-0.2, -0.15) is 33.1 Å². The first-order valence-electron chi connectivity index (χ1n) is 16.2. The van der Waals surface area contributed by atoms with Gasteiger partial charge in [0.25, 0.3) is 0 Å². The van der Waals surface area contributed by atoms with Crippen LogP contribution in [0.3, 0.4) is 0 Å². The predicted molar refractivity (Wildman–Crippen MR) is 212 cm³/mol. The van der Waals surface area contributed by atoms with Crippen molar-refractivity contribution in [2.45, 2.75) is 33.4 Å². The molecule has 0 fully saturated rings. The molecule has 0 aliphatic heterocycles. The average molecular weight is 871 g/mol. The van der Waals surface area contributed by atoms with Crippen molar-refractivity contribution < 1.29 is 56.7 Å². The van der Waals surface area contributed by atoms with Crippen molar-refractivity contribution in [3.05, 3.63) is 108 Å². The number of rotatable bonds is 10. The third-order valence-electron chi connectivity index (χ3n) is 8.39. The van der Waals surface area contributed by atoms with Crippen LogP contribution in [-0.2, 0) is 40.5 Å². The third kappa shape index (κ3) is 9.22. The van der Waals surface area contributed by atoms with Crippen LogP contribution in [0.15, 0.2) is 137 Å². The Balaban J connectivity index is 1.18. The van der Waals surface area contributed by atoms with Crippen molar-refractivity contribution in [1.82, 2.24) is 0 Å². The average Bonchev–Trinajstić information content (AvgIpc) is 3.11. The van der Waals surface area contributed by atoms with Gasteiger partial charge >= 0.3 is 36.4 Å². The summed E-state index contributed by atoms with van der Waals surface area (Å²) in [5.74, 6) is 0. The van der Waals surface area contributed by atoms with Crippen LogP contribution in [0, 0.1) is 13.8 Å². The molecule has 3 atom stereocenters. The number of carbonyl (C=O) groups is 1. The Labute approximate surface area is 330 Å². The zero-order valence-corrected chi connectivity index (χ0v) is 33.0. The Morgan fingerprint density at radius 2 is 0.931 bits per heavy atom. The smallest absolute Gasteiger partial charge is 0.435 e. The Morgan fingerprint density at radius 1 is 0.534 bits per heavy atom. The van der Waals surface area contributed by atoms with Gasteiger partial charge in [-0.25, -0.2) is 26.9 Å². The second-order valence-electron chi connectivity index (χ2n) is 12.5. The molecule has 0 bridgehead atoms. The lowest BCUT2D eigenvalue weighted by Crippen LogP contribution is -2.19. The molecule has 2 amide bonds. The summed E-state index contributed by atoms with van der Waals surface area (Å²) in [4.78, 5) is 10.6. The number of anilines is 2. The van der Waals surface area contributed by atoms with Crippen molar-refractivity contribution in [3.63, 3.8) is 0 Å². The van der Waals surface area contributed by atoms with E-state index in [2.05, 4.69) is 31.1 Å². The molecule has 23 heteroatoms. The highest BCUT2D eigenvalue weighted by molar-refractivity contribution is 7.87. The van der Waals surface area contributed by atoms with E-state index in [1.807, 2.05) is 0 Å². The van der Waals surface area contributed by atoms with Gasteiger partial charge in [0.15, 0.2) is 14.7 Å². The lowest BCUT2D eigenvalue weighted by molar-refractivity contribution is 0.262. The van der Waals surface area contributed by atoms with Crippen molar-refractivity contribution in [2.75, 3.05) is 10.6 Å². The Kier molecular flexibility index (Phi) is 11.0. The normalized spacial score (nSPS) is 15.3. The van der Waals surface area contributed by atoms with E-state index >= 15 is 0 Å². The van der Waals surface area contributed by atoms with Crippen molar-refractivity contribution in [3.8, 4) is 0 Å². The highest BCUT2D eigenvalue weighted by atomic mass is 32.2. The first kappa shape index (κ1) is 41.6. The molecule has 8 N–H and O–H groups in total. The fraction of sp³-hybridized carbons (Fsp3) is 0.0571. The molecule has 0 aliphatic rings. The summed E-state index contributed by atoms with van der Waals surface area (Å²) in [5.41, 5.74) is 2.06. The van der Waals surface area contributed by atoms with Crippen LogP contribution in [0.5, 0.6) is 0 Å². The largest absolute Gasteiger partial charge is 0.744 e. The topological polar surface area (TPSA) is 324 Å². The summed E-state index contributed by atoms with van der Waals surface area (Å²) < 4.78 is 131. The van der Waals surface area contributed by atoms with Crippen LogP contribution in [0.1, 0.15) is 11.1 Å². The summed E-state index contributed by atoms with van der Waals surface area (Å²) in [7, 11) is -18.7. The maximum atomic E-state index is 12.9. The molecule has 6 aromatic rings. The fourth-order valence-electron chi connectivity index (χ4n) is 5.83. The minimum absolute atomic E-state index is 0.0686. The molecule has 58 heavy (non-hydrogen) atoms. The van der Waals surface area contributed by atoms with E-state index < -0.39 is 66.1 Å². The molecule has 0 spiro atoms. The lowest BCUT2D eigenvalue weighted by Gasteiger charge is -2.12. The number of carbonyl (C=O) groups excluding carboxylic acids is 1. The van der Waals surface area contributed by atoms with Crippen molar-refractivity contribution in [2.24, 2.45) is 20.5 Å². The summed E-state index contributed by atoms with van der Waals surface area (Å²) >= 11 is 0. The second-order valence-corrected chi connectivity index (χ2v) is 18.2. The lowest BCUT2D eigenvalue weighted by atomic mass is 10.1. The monoisotopic (exact) mass is 870 g/mol. The van der Waals surface area contributed by atoms with Crippen molar-refractivity contribution in [1.29, 1.82) is 0 Å². The molecule has 3 unspecified atom stereocenters. The molecule has 6 rings (SSSR count). The molecule has 0 saturated heterocycles. The first-order valence-corrected chi connectivity index (χ1v) is 22.0. The van der Waals surface area contributed by atoms with E-state index in [-0.39, 0.29) is 38.6 Å². The molecule has 0 radical (unpaired) electrons. The van der Waals surface area contributed by atoms with Crippen LogP contribution in [0.2, 0.25) is 0 Å². The van der Waals surface area contributed by atoms with E-state index in [4.69, 9.17) is 0 Å². The number of amides is 2. The van der Waals surface area contributed by atoms with E-state index in [0.29, 0.717) is 28.2 Å². The number of aryl methyl sites for hydroxylation is 2. The van der Waals surface area contributed by atoms with E-state index in [1.54, 1.807) is 26.0 Å². The van der Waals surface area contributed by atoms with Gasteiger partial charge in [-0.15, -0.1) is 12.6 Å².